The Labute approximate surface area is 141 Å². The number of carboxylic acids is 1. The highest BCUT2D eigenvalue weighted by Gasteiger charge is 2.24. The monoisotopic (exact) mass is 342 g/mol. The Morgan fingerprint density at radius 1 is 1.35 bits per heavy atom. The van der Waals surface area contributed by atoms with Gasteiger partial charge in [0.25, 0.3) is 0 Å². The number of anilines is 1. The number of carboxylic acid groups (broad SMARTS) is 1. The van der Waals surface area contributed by atoms with Gasteiger partial charge in [0.05, 0.1) is 5.50 Å². The molecule has 6 nitrogen and oxygen atoms in total. The maximum absolute atomic E-state index is 11.7. The van der Waals surface area contributed by atoms with Gasteiger partial charge in [-0.1, -0.05) is 23.7 Å². The molecule has 128 valence electrons. The van der Waals surface area contributed by atoms with Gasteiger partial charge in [0, 0.05) is 12.1 Å². The summed E-state index contributed by atoms with van der Waals surface area (Å²) in [6.45, 7) is 6.93. The second-order valence-corrected chi connectivity index (χ2v) is 6.86. The third kappa shape index (κ3) is 7.74. The Morgan fingerprint density at radius 2 is 2.00 bits per heavy atom. The first-order chi connectivity index (χ1) is 10.6. The Balaban J connectivity index is 2.76. The van der Waals surface area contributed by atoms with Crippen LogP contribution in [-0.2, 0) is 16.0 Å². The molecule has 1 amide bonds. The number of aliphatic carboxylic acids is 1. The first kappa shape index (κ1) is 19.1. The lowest BCUT2D eigenvalue weighted by atomic mass is 10.1. The number of hydrogen-bond donors (Lipinski definition) is 3. The summed E-state index contributed by atoms with van der Waals surface area (Å²) in [6.07, 6.45) is -0.616. The summed E-state index contributed by atoms with van der Waals surface area (Å²) in [5.41, 5.74) is 0.607. The largest absolute Gasteiger partial charge is 0.480 e. The van der Waals surface area contributed by atoms with Gasteiger partial charge in [-0.15, -0.1) is 0 Å². The normalized spacial score (nSPS) is 13.8. The maximum atomic E-state index is 11.7. The van der Waals surface area contributed by atoms with Crippen molar-refractivity contribution in [3.05, 3.63) is 29.8 Å². The minimum Gasteiger partial charge on any atom is -0.480 e. The van der Waals surface area contributed by atoms with E-state index in [2.05, 4.69) is 10.6 Å². The molecule has 0 spiro atoms. The first-order valence-corrected chi connectivity index (χ1v) is 7.72. The van der Waals surface area contributed by atoms with Crippen LogP contribution in [0.2, 0.25) is 0 Å². The minimum absolute atomic E-state index is 0.140. The molecule has 0 fully saturated rings. The van der Waals surface area contributed by atoms with Crippen LogP contribution in [0.25, 0.3) is 0 Å². The fourth-order valence-electron chi connectivity index (χ4n) is 1.90. The average Bonchev–Trinajstić information content (AvgIpc) is 2.35. The Morgan fingerprint density at radius 3 is 2.52 bits per heavy atom. The lowest BCUT2D eigenvalue weighted by Crippen LogP contribution is -2.44. The Hall–Kier alpha value is -1.95. The predicted octanol–water partition coefficient (Wildman–Crippen LogP) is 3.20. The number of carbonyl (C=O) groups excluding carboxylic acids is 1. The van der Waals surface area contributed by atoms with Crippen LogP contribution in [0.3, 0.4) is 0 Å². The van der Waals surface area contributed by atoms with Crippen LogP contribution in [0.5, 0.6) is 0 Å². The Bertz CT molecular complexity index is 555. The molecule has 2 unspecified atom stereocenters. The first-order valence-electron chi connectivity index (χ1n) is 7.28. The molecule has 0 aromatic heterocycles. The molecular weight excluding hydrogens is 320 g/mol. The zero-order chi connectivity index (χ0) is 17.6. The zero-order valence-corrected chi connectivity index (χ0v) is 14.5. The molecule has 23 heavy (non-hydrogen) atoms. The number of amides is 1. The molecule has 0 bridgehead atoms. The molecule has 3 N–H and O–H groups in total. The van der Waals surface area contributed by atoms with Gasteiger partial charge >= 0.3 is 12.1 Å². The van der Waals surface area contributed by atoms with Crippen LogP contribution in [0.1, 0.15) is 33.3 Å². The molecule has 0 saturated heterocycles. The molecule has 7 heteroatoms. The van der Waals surface area contributed by atoms with E-state index in [1.165, 1.54) is 0 Å². The average molecular weight is 343 g/mol. The van der Waals surface area contributed by atoms with E-state index >= 15 is 0 Å². The number of nitrogens with one attached hydrogen (secondary N) is 2. The number of alkyl carbamates (subject to hydrolysis) is 1. The number of carbonyl (C=O) groups is 2. The van der Waals surface area contributed by atoms with E-state index in [1.807, 2.05) is 6.07 Å². The molecular formula is C16H23ClN2O4. The number of ether oxygens (including phenoxy) is 1. The highest BCUT2D eigenvalue weighted by atomic mass is 35.5. The summed E-state index contributed by atoms with van der Waals surface area (Å²) >= 11 is 5.87. The third-order valence-electron chi connectivity index (χ3n) is 2.72. The number of benzene rings is 1. The summed E-state index contributed by atoms with van der Waals surface area (Å²) in [5, 5.41) is 14.7. The molecule has 0 aliphatic carbocycles. The van der Waals surface area contributed by atoms with Crippen molar-refractivity contribution in [2.75, 3.05) is 5.32 Å². The molecule has 0 saturated carbocycles. The highest BCUT2D eigenvalue weighted by Crippen LogP contribution is 2.15. The smallest absolute Gasteiger partial charge is 0.408 e. The summed E-state index contributed by atoms with van der Waals surface area (Å²) in [7, 11) is 0. The van der Waals surface area contributed by atoms with E-state index in [0.29, 0.717) is 0 Å². The van der Waals surface area contributed by atoms with E-state index in [1.54, 1.807) is 45.9 Å². The van der Waals surface area contributed by atoms with Crippen LogP contribution in [-0.4, -0.2) is 34.3 Å². The molecule has 0 heterocycles. The summed E-state index contributed by atoms with van der Waals surface area (Å²) < 4.78 is 5.09. The van der Waals surface area contributed by atoms with Crippen LogP contribution < -0.4 is 10.6 Å². The quantitative estimate of drug-likeness (QED) is 0.546. The van der Waals surface area contributed by atoms with Crippen molar-refractivity contribution in [1.29, 1.82) is 0 Å². The van der Waals surface area contributed by atoms with Gasteiger partial charge < -0.3 is 20.5 Å². The van der Waals surface area contributed by atoms with E-state index in [-0.39, 0.29) is 11.9 Å². The fourth-order valence-corrected chi connectivity index (χ4v) is 2.03. The third-order valence-corrected chi connectivity index (χ3v) is 2.83. The van der Waals surface area contributed by atoms with Crippen molar-refractivity contribution in [1.82, 2.24) is 5.32 Å². The molecule has 0 radical (unpaired) electrons. The van der Waals surface area contributed by atoms with E-state index < -0.39 is 23.7 Å². The van der Waals surface area contributed by atoms with Crippen molar-refractivity contribution in [3.63, 3.8) is 0 Å². The lowest BCUT2D eigenvalue weighted by Gasteiger charge is -2.22. The van der Waals surface area contributed by atoms with Gasteiger partial charge in [-0.25, -0.2) is 9.59 Å². The van der Waals surface area contributed by atoms with Gasteiger partial charge in [0.1, 0.15) is 11.6 Å². The lowest BCUT2D eigenvalue weighted by molar-refractivity contribution is -0.139. The molecule has 2 atom stereocenters. The SMILES string of the molecule is CC(Cl)Nc1cccc(CC(NC(=O)OC(C)(C)C)C(=O)O)c1. The van der Waals surface area contributed by atoms with Crippen LogP contribution in [0.4, 0.5) is 10.5 Å². The molecule has 1 aromatic rings. The van der Waals surface area contributed by atoms with Crippen molar-refractivity contribution >= 4 is 29.4 Å². The van der Waals surface area contributed by atoms with Crippen molar-refractivity contribution in [3.8, 4) is 0 Å². The van der Waals surface area contributed by atoms with Crippen molar-refractivity contribution in [2.45, 2.75) is 51.3 Å². The second kappa shape index (κ2) is 8.06. The number of alkyl halides is 1. The zero-order valence-electron chi connectivity index (χ0n) is 13.7. The summed E-state index contributed by atoms with van der Waals surface area (Å²) in [5.74, 6) is -1.13. The standard InChI is InChI=1S/C16H23ClN2O4/c1-10(17)18-12-7-5-6-11(8-12)9-13(14(20)21)19-15(22)23-16(2,3)4/h5-8,10,13,18H,9H2,1-4H3,(H,19,22)(H,20,21). The maximum Gasteiger partial charge on any atom is 0.408 e. The van der Waals surface area contributed by atoms with Crippen molar-refractivity contribution in [2.24, 2.45) is 0 Å². The molecule has 1 rings (SSSR count). The van der Waals surface area contributed by atoms with Gasteiger partial charge in [-0.05, 0) is 45.4 Å². The van der Waals surface area contributed by atoms with Crippen LogP contribution >= 0.6 is 11.6 Å². The van der Waals surface area contributed by atoms with Crippen LogP contribution in [0.15, 0.2) is 24.3 Å². The highest BCUT2D eigenvalue weighted by molar-refractivity contribution is 6.21. The van der Waals surface area contributed by atoms with E-state index in [0.717, 1.165) is 11.3 Å². The summed E-state index contributed by atoms with van der Waals surface area (Å²) in [6, 6.07) is 6.14. The van der Waals surface area contributed by atoms with Gasteiger partial charge in [-0.2, -0.15) is 0 Å². The van der Waals surface area contributed by atoms with Gasteiger partial charge in [0.15, 0.2) is 0 Å². The Kier molecular flexibility index (Phi) is 6.69. The van der Waals surface area contributed by atoms with Gasteiger partial charge in [0.2, 0.25) is 0 Å². The molecule has 0 aliphatic heterocycles. The van der Waals surface area contributed by atoms with Crippen LogP contribution in [0, 0.1) is 0 Å². The molecule has 0 aliphatic rings. The minimum atomic E-state index is -1.13. The second-order valence-electron chi connectivity index (χ2n) is 6.20. The number of hydrogen-bond acceptors (Lipinski definition) is 4. The van der Waals surface area contributed by atoms with Gasteiger partial charge in [-0.3, -0.25) is 0 Å². The topological polar surface area (TPSA) is 87.7 Å². The van der Waals surface area contributed by atoms with Crippen molar-refractivity contribution < 1.29 is 19.4 Å². The van der Waals surface area contributed by atoms with E-state index in [9.17, 15) is 14.7 Å². The molecule has 1 aromatic carbocycles. The summed E-state index contributed by atoms with van der Waals surface area (Å²) in [4.78, 5) is 23.1. The fraction of sp³-hybridized carbons (Fsp3) is 0.500. The predicted molar refractivity (Wildman–Crippen MR) is 89.9 cm³/mol. The van der Waals surface area contributed by atoms with E-state index in [4.69, 9.17) is 16.3 Å². The number of rotatable bonds is 6. The number of halogens is 1.